The first-order valence-corrected chi connectivity index (χ1v) is 7.56. The Morgan fingerprint density at radius 1 is 1.22 bits per heavy atom. The summed E-state index contributed by atoms with van der Waals surface area (Å²) in [7, 11) is 0. The van der Waals surface area contributed by atoms with Crippen LogP contribution in [0.2, 0.25) is 0 Å². The van der Waals surface area contributed by atoms with E-state index < -0.39 is 6.09 Å². The standard InChI is InChI=1S/C14H24N4O5/c1-3-5-23-14(20)15-9-13-10-18(17-16-13)4-6-21-7-8-22-11-12(2)19/h10H,3-9,11H2,1-2H3,(H,15,20). The summed E-state index contributed by atoms with van der Waals surface area (Å²) < 4.78 is 16.9. The Morgan fingerprint density at radius 3 is 2.74 bits per heavy atom. The molecule has 1 aromatic heterocycles. The van der Waals surface area contributed by atoms with Gasteiger partial charge in [0.25, 0.3) is 0 Å². The molecule has 0 aliphatic heterocycles. The predicted octanol–water partition coefficient (Wildman–Crippen LogP) is 0.537. The van der Waals surface area contributed by atoms with Crippen LogP contribution in [0.5, 0.6) is 0 Å². The molecule has 0 aromatic carbocycles. The Labute approximate surface area is 135 Å². The van der Waals surface area contributed by atoms with Crippen LogP contribution >= 0.6 is 0 Å². The Balaban J connectivity index is 2.09. The topological polar surface area (TPSA) is 105 Å². The zero-order valence-corrected chi connectivity index (χ0v) is 13.6. The zero-order chi connectivity index (χ0) is 16.9. The molecular weight excluding hydrogens is 304 g/mol. The van der Waals surface area contributed by atoms with Gasteiger partial charge in [0.1, 0.15) is 12.3 Å². The first kappa shape index (κ1) is 19.0. The molecule has 0 aliphatic carbocycles. The summed E-state index contributed by atoms with van der Waals surface area (Å²) in [6, 6.07) is 0. The van der Waals surface area contributed by atoms with Crippen LogP contribution in [0, 0.1) is 0 Å². The van der Waals surface area contributed by atoms with Crippen molar-refractivity contribution in [3.63, 3.8) is 0 Å². The fraction of sp³-hybridized carbons (Fsp3) is 0.714. The van der Waals surface area contributed by atoms with Crippen LogP contribution in [-0.4, -0.2) is 59.9 Å². The van der Waals surface area contributed by atoms with E-state index in [0.717, 1.165) is 6.42 Å². The van der Waals surface area contributed by atoms with Crippen LogP contribution in [-0.2, 0) is 32.1 Å². The molecule has 0 radical (unpaired) electrons. The van der Waals surface area contributed by atoms with Crippen molar-refractivity contribution in [3.8, 4) is 0 Å². The molecule has 9 nitrogen and oxygen atoms in total. The van der Waals surface area contributed by atoms with Gasteiger partial charge in [-0.05, 0) is 13.3 Å². The van der Waals surface area contributed by atoms with Crippen LogP contribution in [0.25, 0.3) is 0 Å². The van der Waals surface area contributed by atoms with Crippen LogP contribution in [0.1, 0.15) is 26.0 Å². The number of amides is 1. The Morgan fingerprint density at radius 2 is 2.00 bits per heavy atom. The molecule has 0 fully saturated rings. The fourth-order valence-electron chi connectivity index (χ4n) is 1.53. The molecule has 0 spiro atoms. The number of nitrogens with one attached hydrogen (secondary N) is 1. The number of hydrogen-bond donors (Lipinski definition) is 1. The number of ketones is 1. The van der Waals surface area contributed by atoms with Gasteiger partial charge < -0.3 is 19.5 Å². The second kappa shape index (κ2) is 11.6. The summed E-state index contributed by atoms with van der Waals surface area (Å²) >= 11 is 0. The smallest absolute Gasteiger partial charge is 0.407 e. The lowest BCUT2D eigenvalue weighted by Crippen LogP contribution is -2.24. The number of hydrogen-bond acceptors (Lipinski definition) is 7. The SMILES string of the molecule is CCCOC(=O)NCc1cn(CCOCCOCC(C)=O)nn1. The van der Waals surface area contributed by atoms with Gasteiger partial charge >= 0.3 is 6.09 Å². The van der Waals surface area contributed by atoms with Crippen molar-refractivity contribution in [2.45, 2.75) is 33.4 Å². The van der Waals surface area contributed by atoms with E-state index in [2.05, 4.69) is 15.6 Å². The van der Waals surface area contributed by atoms with Gasteiger partial charge in [-0.3, -0.25) is 4.79 Å². The normalized spacial score (nSPS) is 10.5. The number of nitrogens with zero attached hydrogens (tertiary/aromatic N) is 3. The predicted molar refractivity (Wildman–Crippen MR) is 80.8 cm³/mol. The Hall–Kier alpha value is -2.00. The molecule has 1 heterocycles. The second-order valence-corrected chi connectivity index (χ2v) is 4.83. The average molecular weight is 328 g/mol. The third-order valence-corrected chi connectivity index (χ3v) is 2.58. The number of carbonyl (C=O) groups excluding carboxylic acids is 2. The van der Waals surface area contributed by atoms with E-state index in [4.69, 9.17) is 14.2 Å². The highest BCUT2D eigenvalue weighted by molar-refractivity contribution is 5.76. The highest BCUT2D eigenvalue weighted by Gasteiger charge is 2.04. The molecule has 0 saturated carbocycles. The summed E-state index contributed by atoms with van der Waals surface area (Å²) in [6.07, 6.45) is 2.05. The van der Waals surface area contributed by atoms with Gasteiger partial charge in [0.2, 0.25) is 0 Å². The molecule has 0 unspecified atom stereocenters. The second-order valence-electron chi connectivity index (χ2n) is 4.83. The van der Waals surface area contributed by atoms with Crippen LogP contribution in [0.4, 0.5) is 4.79 Å². The summed E-state index contributed by atoms with van der Waals surface area (Å²) in [4.78, 5) is 21.9. The van der Waals surface area contributed by atoms with Gasteiger partial charge in [0, 0.05) is 0 Å². The van der Waals surface area contributed by atoms with Crippen LogP contribution in [0.3, 0.4) is 0 Å². The van der Waals surface area contributed by atoms with E-state index in [1.807, 2.05) is 6.92 Å². The molecule has 1 rings (SSSR count). The third kappa shape index (κ3) is 9.59. The van der Waals surface area contributed by atoms with Gasteiger partial charge in [0.15, 0.2) is 5.78 Å². The van der Waals surface area contributed by atoms with E-state index in [-0.39, 0.29) is 18.9 Å². The number of Topliss-reactive ketones (excluding diaryl/α,β-unsaturated/α-hetero) is 1. The minimum absolute atomic E-state index is 0.00710. The number of aromatic nitrogens is 3. The summed E-state index contributed by atoms with van der Waals surface area (Å²) in [6.45, 7) is 5.97. The van der Waals surface area contributed by atoms with E-state index in [0.29, 0.717) is 38.7 Å². The number of alkyl carbamates (subject to hydrolysis) is 1. The molecule has 1 aromatic rings. The monoisotopic (exact) mass is 328 g/mol. The van der Waals surface area contributed by atoms with Crippen molar-refractivity contribution >= 4 is 11.9 Å². The molecule has 0 atom stereocenters. The molecule has 130 valence electrons. The average Bonchev–Trinajstić information content (AvgIpc) is 2.97. The Bertz CT molecular complexity index is 477. The van der Waals surface area contributed by atoms with Crippen molar-refractivity contribution in [1.29, 1.82) is 0 Å². The first-order valence-electron chi connectivity index (χ1n) is 7.56. The summed E-state index contributed by atoms with van der Waals surface area (Å²) in [5.41, 5.74) is 0.642. The maximum absolute atomic E-state index is 11.3. The molecule has 0 aliphatic rings. The minimum atomic E-state index is -0.463. The number of rotatable bonds is 12. The largest absolute Gasteiger partial charge is 0.450 e. The molecule has 23 heavy (non-hydrogen) atoms. The van der Waals surface area contributed by atoms with Crippen LogP contribution < -0.4 is 5.32 Å². The third-order valence-electron chi connectivity index (χ3n) is 2.58. The number of ether oxygens (including phenoxy) is 3. The van der Waals surface area contributed by atoms with Crippen molar-refractivity contribution in [1.82, 2.24) is 20.3 Å². The maximum atomic E-state index is 11.3. The zero-order valence-electron chi connectivity index (χ0n) is 13.6. The molecule has 1 N–H and O–H groups in total. The van der Waals surface area contributed by atoms with Gasteiger partial charge in [-0.2, -0.15) is 0 Å². The van der Waals surface area contributed by atoms with Gasteiger partial charge in [0.05, 0.1) is 45.7 Å². The molecule has 1 amide bonds. The van der Waals surface area contributed by atoms with Crippen molar-refractivity contribution in [2.24, 2.45) is 0 Å². The van der Waals surface area contributed by atoms with Crippen molar-refractivity contribution in [2.75, 3.05) is 33.0 Å². The lowest BCUT2D eigenvalue weighted by atomic mass is 10.5. The van der Waals surface area contributed by atoms with Gasteiger partial charge in [-0.15, -0.1) is 5.10 Å². The first-order chi connectivity index (χ1) is 11.1. The van der Waals surface area contributed by atoms with Gasteiger partial charge in [-0.25, -0.2) is 9.48 Å². The molecule has 0 saturated heterocycles. The highest BCUT2D eigenvalue weighted by Crippen LogP contribution is 1.94. The summed E-state index contributed by atoms with van der Waals surface area (Å²) in [5.74, 6) is -0.00710. The van der Waals surface area contributed by atoms with E-state index in [9.17, 15) is 9.59 Å². The van der Waals surface area contributed by atoms with Crippen LogP contribution in [0.15, 0.2) is 6.20 Å². The lowest BCUT2D eigenvalue weighted by Gasteiger charge is -2.04. The lowest BCUT2D eigenvalue weighted by molar-refractivity contribution is -0.121. The summed E-state index contributed by atoms with van der Waals surface area (Å²) in [5, 5.41) is 10.5. The number of carbonyl (C=O) groups is 2. The van der Waals surface area contributed by atoms with Crippen molar-refractivity contribution in [3.05, 3.63) is 11.9 Å². The molecule has 0 bridgehead atoms. The van der Waals surface area contributed by atoms with Crippen molar-refractivity contribution < 1.29 is 23.8 Å². The van der Waals surface area contributed by atoms with E-state index >= 15 is 0 Å². The Kier molecular flexibility index (Phi) is 9.57. The van der Waals surface area contributed by atoms with E-state index in [1.54, 1.807) is 10.9 Å². The fourth-order valence-corrected chi connectivity index (χ4v) is 1.53. The quantitative estimate of drug-likeness (QED) is 0.558. The molecular formula is C14H24N4O5. The van der Waals surface area contributed by atoms with E-state index in [1.165, 1.54) is 6.92 Å². The minimum Gasteiger partial charge on any atom is -0.450 e. The molecule has 9 heteroatoms. The maximum Gasteiger partial charge on any atom is 0.407 e. The van der Waals surface area contributed by atoms with Gasteiger partial charge in [-0.1, -0.05) is 12.1 Å². The highest BCUT2D eigenvalue weighted by atomic mass is 16.5.